The van der Waals surface area contributed by atoms with Crippen molar-refractivity contribution < 1.29 is 28.7 Å². The Hall–Kier alpha value is -0.720. The topological polar surface area (TPSA) is 111 Å². The first-order valence-corrected chi connectivity index (χ1v) is 15.5. The van der Waals surface area contributed by atoms with Crippen molar-refractivity contribution >= 4 is 67.5 Å². The van der Waals surface area contributed by atoms with E-state index in [9.17, 15) is 19.2 Å². The Bertz CT molecular complexity index is 659. The zero-order valence-corrected chi connectivity index (χ0v) is 24.7. The van der Waals surface area contributed by atoms with Crippen LogP contribution in [0.25, 0.3) is 0 Å². The van der Waals surface area contributed by atoms with Gasteiger partial charge >= 0.3 is 12.2 Å². The second-order valence-electron chi connectivity index (χ2n) is 9.51. The first-order chi connectivity index (χ1) is 15.6. The van der Waals surface area contributed by atoms with Crippen LogP contribution < -0.4 is 10.6 Å². The van der Waals surface area contributed by atoms with Gasteiger partial charge in [-0.3, -0.25) is 9.59 Å². The van der Waals surface area contributed by atoms with E-state index < -0.39 is 17.3 Å². The predicted molar refractivity (Wildman–Crippen MR) is 147 cm³/mol. The SMILES string of the molecule is CC(=O)SCC[C@@H](CSC(C)=O)NC(=O)OC(C)(C)C.CC(C)(C)OC(=O)N[C@H]1CCSSC1. The number of nitrogens with one attached hydrogen (secondary N) is 2. The van der Waals surface area contributed by atoms with Crippen LogP contribution in [-0.2, 0) is 19.1 Å². The molecule has 0 aromatic rings. The Morgan fingerprint density at radius 3 is 1.94 bits per heavy atom. The minimum atomic E-state index is -0.559. The fourth-order valence-corrected chi connectivity index (χ4v) is 6.09. The number of hydrogen-bond donors (Lipinski definition) is 2. The average molecular weight is 557 g/mol. The Labute approximate surface area is 220 Å². The highest BCUT2D eigenvalue weighted by atomic mass is 33.1. The van der Waals surface area contributed by atoms with E-state index in [2.05, 4.69) is 10.6 Å². The molecule has 0 unspecified atom stereocenters. The number of amides is 2. The van der Waals surface area contributed by atoms with Crippen LogP contribution in [0.4, 0.5) is 9.59 Å². The highest BCUT2D eigenvalue weighted by Gasteiger charge is 2.21. The van der Waals surface area contributed by atoms with E-state index >= 15 is 0 Å². The summed E-state index contributed by atoms with van der Waals surface area (Å²) in [7, 11) is 3.67. The van der Waals surface area contributed by atoms with Crippen LogP contribution in [0.3, 0.4) is 0 Å². The maximum atomic E-state index is 11.7. The van der Waals surface area contributed by atoms with Crippen LogP contribution >= 0.6 is 45.1 Å². The molecule has 2 amide bonds. The van der Waals surface area contributed by atoms with Crippen LogP contribution in [0.1, 0.15) is 68.2 Å². The van der Waals surface area contributed by atoms with Crippen LogP contribution in [0.15, 0.2) is 0 Å². The number of thioether (sulfide) groups is 2. The number of alkyl carbamates (subject to hydrolysis) is 2. The van der Waals surface area contributed by atoms with Gasteiger partial charge in [-0.05, 0) is 54.4 Å². The maximum absolute atomic E-state index is 11.7. The largest absolute Gasteiger partial charge is 0.444 e. The zero-order valence-electron chi connectivity index (χ0n) is 21.5. The van der Waals surface area contributed by atoms with Crippen molar-refractivity contribution in [2.45, 2.75) is 91.5 Å². The number of carbonyl (C=O) groups is 4. The van der Waals surface area contributed by atoms with Gasteiger partial charge in [-0.15, -0.1) is 0 Å². The lowest BCUT2D eigenvalue weighted by molar-refractivity contribution is -0.109. The average Bonchev–Trinajstić information content (AvgIpc) is 2.64. The molecule has 1 aliphatic heterocycles. The molecule has 8 nitrogen and oxygen atoms in total. The van der Waals surface area contributed by atoms with Crippen molar-refractivity contribution in [1.29, 1.82) is 0 Å². The lowest BCUT2D eigenvalue weighted by Crippen LogP contribution is -2.41. The first kappa shape index (κ1) is 33.3. The molecule has 1 rings (SSSR count). The molecule has 1 heterocycles. The van der Waals surface area contributed by atoms with Crippen molar-refractivity contribution in [2.24, 2.45) is 0 Å². The third-order valence-electron chi connectivity index (χ3n) is 3.60. The van der Waals surface area contributed by atoms with Gasteiger partial charge in [0, 0.05) is 48.9 Å². The predicted octanol–water partition coefficient (Wildman–Crippen LogP) is 5.49. The van der Waals surface area contributed by atoms with Crippen LogP contribution in [0.5, 0.6) is 0 Å². The Kier molecular flexibility index (Phi) is 16.5. The number of hydrogen-bond acceptors (Lipinski definition) is 10. The second-order valence-corrected chi connectivity index (χ2v) is 14.6. The second kappa shape index (κ2) is 16.9. The van der Waals surface area contributed by atoms with Gasteiger partial charge in [-0.1, -0.05) is 45.1 Å². The van der Waals surface area contributed by atoms with Gasteiger partial charge in [0.05, 0.1) is 0 Å². The van der Waals surface area contributed by atoms with E-state index in [4.69, 9.17) is 9.47 Å². The summed E-state index contributed by atoms with van der Waals surface area (Å²) in [6, 6.07) is 0.0849. The van der Waals surface area contributed by atoms with E-state index in [0.29, 0.717) is 17.9 Å². The molecule has 0 aliphatic carbocycles. The molecule has 1 aliphatic rings. The molecule has 1 fully saturated rings. The van der Waals surface area contributed by atoms with Crippen LogP contribution in [0.2, 0.25) is 0 Å². The summed E-state index contributed by atoms with van der Waals surface area (Å²) < 4.78 is 10.4. The molecular weight excluding hydrogens is 517 g/mol. The minimum Gasteiger partial charge on any atom is -0.444 e. The molecular formula is C22H40N2O6S4. The molecule has 0 spiro atoms. The molecule has 2 atom stereocenters. The van der Waals surface area contributed by atoms with Gasteiger partial charge in [0.1, 0.15) is 11.2 Å². The van der Waals surface area contributed by atoms with E-state index in [-0.39, 0.29) is 28.4 Å². The summed E-state index contributed by atoms with van der Waals surface area (Å²) in [5.41, 5.74) is -0.961. The summed E-state index contributed by atoms with van der Waals surface area (Å²) in [5.74, 6) is 3.16. The lowest BCUT2D eigenvalue weighted by Gasteiger charge is -2.25. The third kappa shape index (κ3) is 21.8. The van der Waals surface area contributed by atoms with Crippen LogP contribution in [-0.4, -0.2) is 68.7 Å². The summed E-state index contributed by atoms with van der Waals surface area (Å²) in [5, 5.41) is 5.67. The molecule has 0 radical (unpaired) electrons. The van der Waals surface area contributed by atoms with Crippen molar-refractivity contribution in [2.75, 3.05) is 23.0 Å². The summed E-state index contributed by atoms with van der Waals surface area (Å²) in [6.45, 7) is 14.0. The summed E-state index contributed by atoms with van der Waals surface area (Å²) >= 11 is 2.36. The van der Waals surface area contributed by atoms with Crippen LogP contribution in [0, 0.1) is 0 Å². The fraction of sp³-hybridized carbons (Fsp3) is 0.818. The van der Waals surface area contributed by atoms with Gasteiger partial charge in [-0.25, -0.2) is 9.59 Å². The molecule has 2 N–H and O–H groups in total. The highest BCUT2D eigenvalue weighted by molar-refractivity contribution is 8.76. The van der Waals surface area contributed by atoms with Crippen molar-refractivity contribution in [1.82, 2.24) is 10.6 Å². The maximum Gasteiger partial charge on any atom is 0.407 e. The number of ether oxygens (including phenoxy) is 2. The van der Waals surface area contributed by atoms with E-state index in [1.807, 2.05) is 42.4 Å². The van der Waals surface area contributed by atoms with E-state index in [0.717, 1.165) is 29.7 Å². The van der Waals surface area contributed by atoms with E-state index in [1.54, 1.807) is 20.8 Å². The Morgan fingerprint density at radius 1 is 0.912 bits per heavy atom. The Morgan fingerprint density at radius 2 is 1.47 bits per heavy atom. The lowest BCUT2D eigenvalue weighted by atomic mass is 10.2. The number of carbonyl (C=O) groups excluding carboxylic acids is 4. The van der Waals surface area contributed by atoms with E-state index in [1.165, 1.54) is 25.6 Å². The van der Waals surface area contributed by atoms with Gasteiger partial charge in [0.2, 0.25) is 0 Å². The zero-order chi connectivity index (χ0) is 26.4. The van der Waals surface area contributed by atoms with Crippen molar-refractivity contribution in [3.8, 4) is 0 Å². The van der Waals surface area contributed by atoms with Gasteiger partial charge in [0.15, 0.2) is 10.2 Å². The first-order valence-electron chi connectivity index (χ1n) is 11.1. The third-order valence-corrected chi connectivity index (χ3v) is 7.94. The molecule has 0 aromatic heterocycles. The highest BCUT2D eigenvalue weighted by Crippen LogP contribution is 2.29. The smallest absolute Gasteiger partial charge is 0.407 e. The molecule has 0 saturated carbocycles. The summed E-state index contributed by atoms with van der Waals surface area (Å²) in [6.07, 6.45) is 0.857. The standard InChI is InChI=1S/C13H23NO4S2.C9H17NO2S2/c1-9(15)19-7-6-11(8-20-10(2)16)14-12(17)18-13(3,4)5;1-9(2,3)12-8(11)10-7-4-5-13-14-6-7/h11H,6-8H2,1-5H3,(H,14,17);7H,4-6H2,1-3H3,(H,10,11)/t11-;7-/m00/s1. The molecule has 0 bridgehead atoms. The Balaban J connectivity index is 0.000000679. The fourth-order valence-electron chi connectivity index (χ4n) is 2.29. The molecule has 0 aromatic carbocycles. The van der Waals surface area contributed by atoms with Crippen molar-refractivity contribution in [3.05, 3.63) is 0 Å². The normalized spacial score (nSPS) is 16.9. The summed E-state index contributed by atoms with van der Waals surface area (Å²) in [4.78, 5) is 45.0. The molecule has 1 saturated heterocycles. The van der Waals surface area contributed by atoms with Gasteiger partial charge in [-0.2, -0.15) is 0 Å². The minimum absolute atomic E-state index is 0.000194. The van der Waals surface area contributed by atoms with Crippen molar-refractivity contribution in [3.63, 3.8) is 0 Å². The number of rotatable bonds is 7. The monoisotopic (exact) mass is 556 g/mol. The molecule has 12 heteroatoms. The van der Waals surface area contributed by atoms with Gasteiger partial charge < -0.3 is 20.1 Å². The quantitative estimate of drug-likeness (QED) is 0.390. The molecule has 198 valence electrons. The van der Waals surface area contributed by atoms with Gasteiger partial charge in [0.25, 0.3) is 0 Å². The molecule has 34 heavy (non-hydrogen) atoms.